The molecule has 0 bridgehead atoms. The third-order valence-electron chi connectivity index (χ3n) is 5.47. The molecule has 9 heteroatoms. The summed E-state index contributed by atoms with van der Waals surface area (Å²) in [6, 6.07) is 8.51. The van der Waals surface area contributed by atoms with Crippen molar-refractivity contribution < 1.29 is 4.39 Å². The van der Waals surface area contributed by atoms with E-state index in [0.717, 1.165) is 59.9 Å². The zero-order valence-electron chi connectivity index (χ0n) is 16.3. The first kappa shape index (κ1) is 17.7. The van der Waals surface area contributed by atoms with Crippen LogP contribution in [0, 0.1) is 5.82 Å². The monoisotopic (exact) mass is 392 g/mol. The smallest absolute Gasteiger partial charge is 0.178 e. The normalized spacial score (nSPS) is 15.3. The molecule has 8 nitrogen and oxygen atoms in total. The maximum Gasteiger partial charge on any atom is 0.178 e. The molecule has 4 heterocycles. The highest BCUT2D eigenvalue weighted by atomic mass is 19.1. The standard InChI is InChI=1S/C20H21FN8/c1-27(2)18-6-5-17-24-25-19(29(17)26-18)13-7-9-28(10-8-13)20-15-11-14(21)3-4-16(15)22-12-23-20/h3-6,11-13H,7-10H2,1-2H3. The molecule has 0 atom stereocenters. The molecule has 0 N–H and O–H groups in total. The van der Waals surface area contributed by atoms with Crippen molar-refractivity contribution in [1.29, 1.82) is 0 Å². The van der Waals surface area contributed by atoms with Gasteiger partial charge in [-0.15, -0.1) is 15.3 Å². The number of benzene rings is 1. The van der Waals surface area contributed by atoms with Crippen LogP contribution in [0.25, 0.3) is 16.6 Å². The van der Waals surface area contributed by atoms with Gasteiger partial charge >= 0.3 is 0 Å². The molecule has 0 saturated carbocycles. The summed E-state index contributed by atoms with van der Waals surface area (Å²) in [5.74, 6) is 2.52. The van der Waals surface area contributed by atoms with Gasteiger partial charge in [0, 0.05) is 38.5 Å². The molecule has 1 saturated heterocycles. The molecule has 0 spiro atoms. The Balaban J connectivity index is 1.41. The number of hydrogen-bond donors (Lipinski definition) is 0. The highest BCUT2D eigenvalue weighted by Crippen LogP contribution is 2.32. The molecule has 1 aliphatic heterocycles. The lowest BCUT2D eigenvalue weighted by Crippen LogP contribution is -2.34. The van der Waals surface area contributed by atoms with E-state index in [1.165, 1.54) is 12.1 Å². The van der Waals surface area contributed by atoms with Gasteiger partial charge in [0.2, 0.25) is 0 Å². The minimum absolute atomic E-state index is 0.260. The van der Waals surface area contributed by atoms with E-state index < -0.39 is 0 Å². The zero-order valence-corrected chi connectivity index (χ0v) is 16.3. The van der Waals surface area contributed by atoms with Crippen LogP contribution < -0.4 is 9.80 Å². The molecular formula is C20H21FN8. The van der Waals surface area contributed by atoms with Crippen LogP contribution in [0.5, 0.6) is 0 Å². The maximum absolute atomic E-state index is 13.8. The fraction of sp³-hybridized carbons (Fsp3) is 0.350. The number of piperidine rings is 1. The predicted octanol–water partition coefficient (Wildman–Crippen LogP) is 2.66. The molecule has 1 aliphatic rings. The first-order valence-electron chi connectivity index (χ1n) is 9.65. The molecular weight excluding hydrogens is 371 g/mol. The highest BCUT2D eigenvalue weighted by molar-refractivity contribution is 5.89. The third kappa shape index (κ3) is 3.12. The Morgan fingerprint density at radius 2 is 1.86 bits per heavy atom. The number of fused-ring (bicyclic) bond motifs is 2. The Kier molecular flexibility index (Phi) is 4.22. The summed E-state index contributed by atoms with van der Waals surface area (Å²) in [4.78, 5) is 12.8. The lowest BCUT2D eigenvalue weighted by Gasteiger charge is -2.32. The number of nitrogens with zero attached hydrogens (tertiary/aromatic N) is 8. The Morgan fingerprint density at radius 1 is 1.03 bits per heavy atom. The number of rotatable bonds is 3. The van der Waals surface area contributed by atoms with Gasteiger partial charge in [-0.05, 0) is 43.2 Å². The molecule has 0 aliphatic carbocycles. The van der Waals surface area contributed by atoms with Gasteiger partial charge in [0.1, 0.15) is 23.8 Å². The molecule has 29 heavy (non-hydrogen) atoms. The topological polar surface area (TPSA) is 75.3 Å². The van der Waals surface area contributed by atoms with Crippen molar-refractivity contribution in [3.8, 4) is 0 Å². The van der Waals surface area contributed by atoms with Crippen molar-refractivity contribution in [1.82, 2.24) is 29.8 Å². The molecule has 1 aromatic carbocycles. The van der Waals surface area contributed by atoms with Crippen LogP contribution in [0.4, 0.5) is 16.0 Å². The van der Waals surface area contributed by atoms with E-state index in [9.17, 15) is 4.39 Å². The second kappa shape index (κ2) is 6.91. The average Bonchev–Trinajstić information content (AvgIpc) is 3.16. The Bertz CT molecular complexity index is 1180. The minimum Gasteiger partial charge on any atom is -0.361 e. The summed E-state index contributed by atoms with van der Waals surface area (Å²) in [7, 11) is 3.93. The molecule has 4 aromatic rings. The van der Waals surface area contributed by atoms with Crippen molar-refractivity contribution in [2.45, 2.75) is 18.8 Å². The van der Waals surface area contributed by atoms with Crippen LogP contribution >= 0.6 is 0 Å². The van der Waals surface area contributed by atoms with Crippen molar-refractivity contribution in [3.05, 3.63) is 48.3 Å². The summed E-state index contributed by atoms with van der Waals surface area (Å²) < 4.78 is 15.6. The molecule has 5 rings (SSSR count). The van der Waals surface area contributed by atoms with E-state index in [1.807, 2.05) is 35.6 Å². The Labute approximate surface area is 167 Å². The van der Waals surface area contributed by atoms with E-state index in [4.69, 9.17) is 0 Å². The van der Waals surface area contributed by atoms with Crippen LogP contribution in [-0.4, -0.2) is 57.0 Å². The fourth-order valence-corrected chi connectivity index (χ4v) is 3.91. The Hall–Kier alpha value is -3.36. The second-order valence-corrected chi connectivity index (χ2v) is 7.53. The largest absolute Gasteiger partial charge is 0.361 e. The first-order valence-corrected chi connectivity index (χ1v) is 9.65. The minimum atomic E-state index is -0.277. The molecule has 3 aromatic heterocycles. The second-order valence-electron chi connectivity index (χ2n) is 7.53. The van der Waals surface area contributed by atoms with Crippen molar-refractivity contribution >= 4 is 28.2 Å². The third-order valence-corrected chi connectivity index (χ3v) is 5.47. The van der Waals surface area contributed by atoms with E-state index in [2.05, 4.69) is 30.2 Å². The molecule has 0 unspecified atom stereocenters. The highest BCUT2D eigenvalue weighted by Gasteiger charge is 2.26. The van der Waals surface area contributed by atoms with Crippen molar-refractivity contribution in [3.63, 3.8) is 0 Å². The van der Waals surface area contributed by atoms with E-state index >= 15 is 0 Å². The van der Waals surface area contributed by atoms with Gasteiger partial charge < -0.3 is 9.80 Å². The summed E-state index contributed by atoms with van der Waals surface area (Å²) in [6.07, 6.45) is 3.34. The van der Waals surface area contributed by atoms with Gasteiger partial charge in [0.25, 0.3) is 0 Å². The molecule has 0 radical (unpaired) electrons. The zero-order chi connectivity index (χ0) is 20.0. The molecule has 148 valence electrons. The first-order chi connectivity index (χ1) is 14.1. The van der Waals surface area contributed by atoms with Gasteiger partial charge in [-0.25, -0.2) is 14.4 Å². The quantitative estimate of drug-likeness (QED) is 0.531. The van der Waals surface area contributed by atoms with Crippen molar-refractivity contribution in [2.75, 3.05) is 37.0 Å². The van der Waals surface area contributed by atoms with Crippen LogP contribution in [0.2, 0.25) is 0 Å². The van der Waals surface area contributed by atoms with Gasteiger partial charge in [-0.1, -0.05) is 0 Å². The summed E-state index contributed by atoms with van der Waals surface area (Å²) in [6.45, 7) is 1.60. The van der Waals surface area contributed by atoms with Crippen LogP contribution in [-0.2, 0) is 0 Å². The Morgan fingerprint density at radius 3 is 2.66 bits per heavy atom. The number of anilines is 2. The SMILES string of the molecule is CN(C)c1ccc2nnc(C3CCN(c4ncnc5ccc(F)cc45)CC3)n2n1. The predicted molar refractivity (Wildman–Crippen MR) is 109 cm³/mol. The summed E-state index contributed by atoms with van der Waals surface area (Å²) in [5, 5.41) is 14.1. The summed E-state index contributed by atoms with van der Waals surface area (Å²) >= 11 is 0. The van der Waals surface area contributed by atoms with Crippen LogP contribution in [0.1, 0.15) is 24.6 Å². The van der Waals surface area contributed by atoms with Gasteiger partial charge in [0.15, 0.2) is 11.5 Å². The van der Waals surface area contributed by atoms with Crippen LogP contribution in [0.15, 0.2) is 36.7 Å². The van der Waals surface area contributed by atoms with E-state index in [0.29, 0.717) is 0 Å². The maximum atomic E-state index is 13.8. The van der Waals surface area contributed by atoms with Crippen LogP contribution in [0.3, 0.4) is 0 Å². The van der Waals surface area contributed by atoms with Gasteiger partial charge in [-0.2, -0.15) is 4.52 Å². The summed E-state index contributed by atoms with van der Waals surface area (Å²) in [5.41, 5.74) is 1.51. The lowest BCUT2D eigenvalue weighted by atomic mass is 9.96. The van der Waals surface area contributed by atoms with Gasteiger partial charge in [-0.3, -0.25) is 0 Å². The molecule has 1 fully saturated rings. The van der Waals surface area contributed by atoms with Gasteiger partial charge in [0.05, 0.1) is 5.52 Å². The van der Waals surface area contributed by atoms with Crippen molar-refractivity contribution in [2.24, 2.45) is 0 Å². The average molecular weight is 392 g/mol. The lowest BCUT2D eigenvalue weighted by molar-refractivity contribution is 0.476. The number of halogens is 1. The fourth-order valence-electron chi connectivity index (χ4n) is 3.91. The number of hydrogen-bond acceptors (Lipinski definition) is 7. The van der Waals surface area contributed by atoms with E-state index in [-0.39, 0.29) is 11.7 Å². The molecule has 0 amide bonds. The number of aromatic nitrogens is 6. The van der Waals surface area contributed by atoms with E-state index in [1.54, 1.807) is 12.4 Å².